The molecule has 1 fully saturated rings. The summed E-state index contributed by atoms with van der Waals surface area (Å²) in [6.07, 6.45) is 11.2. The van der Waals surface area contributed by atoms with Crippen LogP contribution in [0.3, 0.4) is 0 Å². The second-order valence-electron chi connectivity index (χ2n) is 4.72. The average Bonchev–Trinajstić information content (AvgIpc) is 2.65. The summed E-state index contributed by atoms with van der Waals surface area (Å²) in [5.41, 5.74) is 0. The largest absolute Gasteiger partial charge is 0.314 e. The minimum atomic E-state index is 0.849. The van der Waals surface area contributed by atoms with Crippen LogP contribution < -0.4 is 5.32 Å². The van der Waals surface area contributed by atoms with Crippen LogP contribution in [0.25, 0.3) is 0 Å². The van der Waals surface area contributed by atoms with Gasteiger partial charge in [-0.3, -0.25) is 0 Å². The van der Waals surface area contributed by atoms with Gasteiger partial charge in [-0.05, 0) is 31.7 Å². The predicted octanol–water partition coefficient (Wildman–Crippen LogP) is 3.74. The highest BCUT2D eigenvalue weighted by Gasteiger charge is 2.24. The topological polar surface area (TPSA) is 12.0 Å². The van der Waals surface area contributed by atoms with Crippen molar-refractivity contribution in [3.63, 3.8) is 0 Å². The van der Waals surface area contributed by atoms with Crippen molar-refractivity contribution in [1.29, 1.82) is 0 Å². The van der Waals surface area contributed by atoms with E-state index < -0.39 is 0 Å². The van der Waals surface area contributed by atoms with E-state index in [-0.39, 0.29) is 0 Å². The van der Waals surface area contributed by atoms with Crippen LogP contribution >= 0.6 is 0 Å². The van der Waals surface area contributed by atoms with Gasteiger partial charge in [-0.1, -0.05) is 46.0 Å². The molecular weight excluding hydrogens is 170 g/mol. The summed E-state index contributed by atoms with van der Waals surface area (Å²) in [5.74, 6) is 0.973. The van der Waals surface area contributed by atoms with Crippen LogP contribution in [-0.4, -0.2) is 12.6 Å². The molecule has 0 bridgehead atoms. The summed E-state index contributed by atoms with van der Waals surface area (Å²) in [6.45, 7) is 5.86. The van der Waals surface area contributed by atoms with E-state index in [2.05, 4.69) is 19.2 Å². The molecule has 1 aliphatic rings. The van der Waals surface area contributed by atoms with Crippen LogP contribution in [0, 0.1) is 5.92 Å². The molecule has 0 aliphatic heterocycles. The Hall–Kier alpha value is -0.0400. The molecule has 0 saturated heterocycles. The first-order chi connectivity index (χ1) is 6.88. The van der Waals surface area contributed by atoms with Gasteiger partial charge in [-0.15, -0.1) is 0 Å². The maximum absolute atomic E-state index is 3.74. The molecule has 0 spiro atoms. The van der Waals surface area contributed by atoms with Gasteiger partial charge in [0.15, 0.2) is 0 Å². The van der Waals surface area contributed by atoms with Crippen molar-refractivity contribution in [2.45, 2.75) is 71.3 Å². The van der Waals surface area contributed by atoms with E-state index in [0.29, 0.717) is 0 Å². The van der Waals surface area contributed by atoms with Gasteiger partial charge in [0.25, 0.3) is 0 Å². The number of rotatable bonds is 7. The standard InChI is InChI=1S/C13H27N/c1-3-5-6-7-11-14-13-10-8-9-12(13)4-2/h12-14H,3-11H2,1-2H3. The number of unbranched alkanes of at least 4 members (excludes halogenated alkanes) is 3. The zero-order valence-corrected chi connectivity index (χ0v) is 10.0. The van der Waals surface area contributed by atoms with Gasteiger partial charge in [-0.25, -0.2) is 0 Å². The van der Waals surface area contributed by atoms with Crippen molar-refractivity contribution in [1.82, 2.24) is 5.32 Å². The third kappa shape index (κ3) is 4.00. The van der Waals surface area contributed by atoms with E-state index in [1.807, 2.05) is 0 Å². The fourth-order valence-electron chi connectivity index (χ4n) is 2.63. The van der Waals surface area contributed by atoms with Crippen LogP contribution in [0.1, 0.15) is 65.2 Å². The van der Waals surface area contributed by atoms with Crippen LogP contribution in [0.2, 0.25) is 0 Å². The first-order valence-corrected chi connectivity index (χ1v) is 6.61. The summed E-state index contributed by atoms with van der Waals surface area (Å²) in [5, 5.41) is 3.74. The second kappa shape index (κ2) is 7.28. The van der Waals surface area contributed by atoms with Crippen LogP contribution in [0.5, 0.6) is 0 Å². The highest BCUT2D eigenvalue weighted by molar-refractivity contribution is 4.81. The lowest BCUT2D eigenvalue weighted by Gasteiger charge is -2.19. The second-order valence-corrected chi connectivity index (χ2v) is 4.72. The van der Waals surface area contributed by atoms with Gasteiger partial charge in [0.1, 0.15) is 0 Å². The van der Waals surface area contributed by atoms with Gasteiger partial charge in [0.2, 0.25) is 0 Å². The molecule has 0 heterocycles. The number of hydrogen-bond donors (Lipinski definition) is 1. The molecule has 0 aromatic rings. The third-order valence-corrected chi connectivity index (χ3v) is 3.62. The summed E-state index contributed by atoms with van der Waals surface area (Å²) in [6, 6.07) is 0.849. The fourth-order valence-corrected chi connectivity index (χ4v) is 2.63. The molecule has 1 nitrogen and oxygen atoms in total. The highest BCUT2D eigenvalue weighted by Crippen LogP contribution is 2.27. The molecule has 0 amide bonds. The Morgan fingerprint density at radius 3 is 2.64 bits per heavy atom. The molecule has 0 radical (unpaired) electrons. The summed E-state index contributed by atoms with van der Waals surface area (Å²) < 4.78 is 0. The molecule has 14 heavy (non-hydrogen) atoms. The van der Waals surface area contributed by atoms with E-state index in [4.69, 9.17) is 0 Å². The Kier molecular flexibility index (Phi) is 6.25. The molecule has 1 N–H and O–H groups in total. The van der Waals surface area contributed by atoms with Crippen molar-refractivity contribution in [2.24, 2.45) is 5.92 Å². The molecule has 2 unspecified atom stereocenters. The zero-order chi connectivity index (χ0) is 10.2. The number of nitrogens with one attached hydrogen (secondary N) is 1. The van der Waals surface area contributed by atoms with Crippen molar-refractivity contribution < 1.29 is 0 Å². The zero-order valence-electron chi connectivity index (χ0n) is 10.0. The van der Waals surface area contributed by atoms with Gasteiger partial charge in [0.05, 0.1) is 0 Å². The molecule has 84 valence electrons. The fraction of sp³-hybridized carbons (Fsp3) is 1.00. The van der Waals surface area contributed by atoms with E-state index in [1.165, 1.54) is 57.9 Å². The first-order valence-electron chi connectivity index (χ1n) is 6.61. The summed E-state index contributed by atoms with van der Waals surface area (Å²) in [4.78, 5) is 0. The third-order valence-electron chi connectivity index (χ3n) is 3.62. The normalized spacial score (nSPS) is 27.0. The lowest BCUT2D eigenvalue weighted by Crippen LogP contribution is -2.32. The molecule has 1 heteroatoms. The van der Waals surface area contributed by atoms with Crippen LogP contribution in [0.4, 0.5) is 0 Å². The van der Waals surface area contributed by atoms with E-state index in [0.717, 1.165) is 12.0 Å². The van der Waals surface area contributed by atoms with Crippen molar-refractivity contribution in [3.05, 3.63) is 0 Å². The minimum Gasteiger partial charge on any atom is -0.314 e. The Balaban J connectivity index is 2.00. The van der Waals surface area contributed by atoms with Crippen molar-refractivity contribution in [3.8, 4) is 0 Å². The molecule has 1 saturated carbocycles. The molecule has 1 rings (SSSR count). The van der Waals surface area contributed by atoms with Crippen molar-refractivity contribution >= 4 is 0 Å². The van der Waals surface area contributed by atoms with E-state index >= 15 is 0 Å². The van der Waals surface area contributed by atoms with Gasteiger partial charge >= 0.3 is 0 Å². The maximum atomic E-state index is 3.74. The minimum absolute atomic E-state index is 0.849. The van der Waals surface area contributed by atoms with Crippen molar-refractivity contribution in [2.75, 3.05) is 6.54 Å². The average molecular weight is 197 g/mol. The van der Waals surface area contributed by atoms with Gasteiger partial charge in [0, 0.05) is 6.04 Å². The molecule has 2 atom stereocenters. The Bertz CT molecular complexity index is 133. The Morgan fingerprint density at radius 1 is 1.07 bits per heavy atom. The molecule has 0 aromatic heterocycles. The predicted molar refractivity (Wildman–Crippen MR) is 63.6 cm³/mol. The van der Waals surface area contributed by atoms with E-state index in [1.54, 1.807) is 0 Å². The van der Waals surface area contributed by atoms with Crippen LogP contribution in [0.15, 0.2) is 0 Å². The maximum Gasteiger partial charge on any atom is 0.00952 e. The summed E-state index contributed by atoms with van der Waals surface area (Å²) >= 11 is 0. The first kappa shape index (κ1) is 12.0. The quantitative estimate of drug-likeness (QED) is 0.613. The SMILES string of the molecule is CCCCCCNC1CCCC1CC. The Morgan fingerprint density at radius 2 is 1.93 bits per heavy atom. The lowest BCUT2D eigenvalue weighted by molar-refractivity contribution is 0.386. The monoisotopic (exact) mass is 197 g/mol. The highest BCUT2D eigenvalue weighted by atomic mass is 14.9. The summed E-state index contributed by atoms with van der Waals surface area (Å²) in [7, 11) is 0. The molecule has 0 aromatic carbocycles. The van der Waals surface area contributed by atoms with Gasteiger partial charge in [-0.2, -0.15) is 0 Å². The molecule has 1 aliphatic carbocycles. The van der Waals surface area contributed by atoms with Gasteiger partial charge < -0.3 is 5.32 Å². The smallest absolute Gasteiger partial charge is 0.00952 e. The molecular formula is C13H27N. The Labute approximate surface area is 89.7 Å². The van der Waals surface area contributed by atoms with Crippen LogP contribution in [-0.2, 0) is 0 Å². The van der Waals surface area contributed by atoms with E-state index in [9.17, 15) is 0 Å². The lowest BCUT2D eigenvalue weighted by atomic mass is 10.0. The number of hydrogen-bond acceptors (Lipinski definition) is 1.